The van der Waals surface area contributed by atoms with Gasteiger partial charge in [0.05, 0.1) is 11.1 Å². The van der Waals surface area contributed by atoms with Crippen molar-refractivity contribution >= 4 is 23.1 Å². The van der Waals surface area contributed by atoms with Crippen molar-refractivity contribution in [1.82, 2.24) is 0 Å². The maximum absolute atomic E-state index is 14.5. The number of phenolic OH excluding ortho intramolecular Hbond substituents is 1. The Morgan fingerprint density at radius 2 is 1.68 bits per heavy atom. The summed E-state index contributed by atoms with van der Waals surface area (Å²) >= 11 is 0. The molecule has 0 radical (unpaired) electrons. The van der Waals surface area contributed by atoms with Crippen LogP contribution in [0.25, 0.3) is 16.9 Å². The molecule has 41 heavy (non-hydrogen) atoms. The van der Waals surface area contributed by atoms with Crippen LogP contribution in [0, 0.1) is 22.7 Å². The molecule has 6 rings (SSSR count). The SMILES string of the molecule is CC(=O)C1=C(C)[C@@H](C(C)C)[C@]2(C)C[C@]3(C)Cc4c(-c5ccc6c(c5)CCC6)ccc(O)c4C(O)=C3C(=O)[C@]2(O)C1=O. The summed E-state index contributed by atoms with van der Waals surface area (Å²) in [7, 11) is 0. The third-order valence-corrected chi connectivity index (χ3v) is 10.6. The maximum Gasteiger partial charge on any atom is 0.206 e. The zero-order chi connectivity index (χ0) is 29.8. The first-order valence-electron chi connectivity index (χ1n) is 14.6. The van der Waals surface area contributed by atoms with Crippen molar-refractivity contribution in [1.29, 1.82) is 0 Å². The Balaban J connectivity index is 1.60. The number of Topliss-reactive ketones (excluding diaryl/α,β-unsaturated/α-hetero) is 3. The molecule has 0 saturated heterocycles. The number of fused-ring (bicyclic) bond motifs is 4. The Labute approximate surface area is 240 Å². The van der Waals surface area contributed by atoms with E-state index in [9.17, 15) is 29.7 Å². The maximum atomic E-state index is 14.5. The van der Waals surface area contributed by atoms with Crippen molar-refractivity contribution in [2.45, 2.75) is 79.2 Å². The fraction of sp³-hybridized carbons (Fsp3) is 0.457. The molecule has 4 atom stereocenters. The number of carbonyl (C=O) groups is 3. The molecular weight excluding hydrogens is 516 g/mol. The Morgan fingerprint density at radius 3 is 2.34 bits per heavy atom. The molecule has 3 N–H and O–H groups in total. The summed E-state index contributed by atoms with van der Waals surface area (Å²) in [5, 5.41) is 35.0. The van der Waals surface area contributed by atoms with Crippen LogP contribution in [0.4, 0.5) is 0 Å². The van der Waals surface area contributed by atoms with Crippen LogP contribution < -0.4 is 0 Å². The number of benzene rings is 2. The van der Waals surface area contributed by atoms with Crippen molar-refractivity contribution in [3.05, 3.63) is 69.3 Å². The van der Waals surface area contributed by atoms with Gasteiger partial charge in [0.25, 0.3) is 0 Å². The molecule has 1 fully saturated rings. The first-order valence-corrected chi connectivity index (χ1v) is 14.6. The highest BCUT2D eigenvalue weighted by atomic mass is 16.3. The Bertz CT molecular complexity index is 1640. The summed E-state index contributed by atoms with van der Waals surface area (Å²) in [4.78, 5) is 41.1. The topological polar surface area (TPSA) is 112 Å². The molecule has 4 aliphatic carbocycles. The van der Waals surface area contributed by atoms with Crippen molar-refractivity contribution in [2.24, 2.45) is 22.7 Å². The van der Waals surface area contributed by atoms with Crippen LogP contribution in [0.1, 0.15) is 76.6 Å². The van der Waals surface area contributed by atoms with Gasteiger partial charge >= 0.3 is 0 Å². The molecule has 1 saturated carbocycles. The van der Waals surface area contributed by atoms with Crippen LogP contribution in [0.15, 0.2) is 47.1 Å². The smallest absolute Gasteiger partial charge is 0.206 e. The number of aliphatic hydroxyl groups excluding tert-OH is 1. The minimum absolute atomic E-state index is 0.0512. The van der Waals surface area contributed by atoms with Crippen LogP contribution >= 0.6 is 0 Å². The van der Waals surface area contributed by atoms with Crippen molar-refractivity contribution < 1.29 is 29.7 Å². The van der Waals surface area contributed by atoms with Gasteiger partial charge in [-0.05, 0) is 91.7 Å². The molecule has 214 valence electrons. The number of rotatable bonds is 3. The van der Waals surface area contributed by atoms with E-state index in [1.54, 1.807) is 13.8 Å². The van der Waals surface area contributed by atoms with Crippen molar-refractivity contribution in [2.75, 3.05) is 0 Å². The molecular formula is C35H38O6. The second kappa shape index (κ2) is 8.75. The molecule has 2 aromatic carbocycles. The molecule has 2 aromatic rings. The Kier molecular flexibility index (Phi) is 5.90. The summed E-state index contributed by atoms with van der Waals surface area (Å²) < 4.78 is 0. The highest BCUT2D eigenvalue weighted by Gasteiger charge is 2.72. The van der Waals surface area contributed by atoms with Gasteiger partial charge in [0.2, 0.25) is 11.6 Å². The quantitative estimate of drug-likeness (QED) is 0.324. The molecule has 0 unspecified atom stereocenters. The van der Waals surface area contributed by atoms with E-state index in [2.05, 4.69) is 18.2 Å². The molecule has 0 aliphatic heterocycles. The van der Waals surface area contributed by atoms with Crippen molar-refractivity contribution in [3.8, 4) is 16.9 Å². The zero-order valence-electron chi connectivity index (χ0n) is 24.6. The molecule has 4 aliphatic rings. The minimum Gasteiger partial charge on any atom is -0.507 e. The summed E-state index contributed by atoms with van der Waals surface area (Å²) in [6.45, 7) is 10.7. The fourth-order valence-corrected chi connectivity index (χ4v) is 9.26. The van der Waals surface area contributed by atoms with Gasteiger partial charge in [-0.25, -0.2) is 0 Å². The molecule has 0 heterocycles. The average molecular weight is 555 g/mol. The number of hydrogen-bond acceptors (Lipinski definition) is 6. The van der Waals surface area contributed by atoms with Gasteiger partial charge in [-0.1, -0.05) is 57.5 Å². The Hall–Kier alpha value is -3.51. The third kappa shape index (κ3) is 3.43. The summed E-state index contributed by atoms with van der Waals surface area (Å²) in [5.41, 5.74) is 1.18. The lowest BCUT2D eigenvalue weighted by molar-refractivity contribution is -0.180. The lowest BCUT2D eigenvalue weighted by Crippen LogP contribution is -2.70. The molecule has 0 bridgehead atoms. The van der Waals surface area contributed by atoms with Gasteiger partial charge in [0, 0.05) is 16.4 Å². The van der Waals surface area contributed by atoms with Crippen LogP contribution in [0.3, 0.4) is 0 Å². The second-order valence-electron chi connectivity index (χ2n) is 13.6. The van der Waals surface area contributed by atoms with Gasteiger partial charge in [0.15, 0.2) is 11.4 Å². The van der Waals surface area contributed by atoms with E-state index in [4.69, 9.17) is 0 Å². The standard InChI is InChI=1S/C35H38O6/c1-17(2)28-18(3)26(19(4)36)31(39)35(41)32(40)29-30(38)27-24(15-33(29,5)16-34(28,35)6)23(12-13-25(27)37)22-11-10-20-8-7-9-21(20)14-22/h10-14,17,28,37-38,41H,7-9,15-16H2,1-6H3/t28-,33+,34+,35-/m1/s1. The van der Waals surface area contributed by atoms with E-state index in [1.807, 2.05) is 26.8 Å². The monoisotopic (exact) mass is 554 g/mol. The van der Waals surface area contributed by atoms with E-state index in [0.29, 0.717) is 12.0 Å². The van der Waals surface area contributed by atoms with E-state index in [0.717, 1.165) is 36.0 Å². The summed E-state index contributed by atoms with van der Waals surface area (Å²) in [5.74, 6) is -3.32. The lowest BCUT2D eigenvalue weighted by atomic mass is 9.42. The van der Waals surface area contributed by atoms with Gasteiger partial charge in [-0.3, -0.25) is 14.4 Å². The van der Waals surface area contributed by atoms with Crippen LogP contribution in [0.5, 0.6) is 5.75 Å². The molecule has 6 heteroatoms. The second-order valence-corrected chi connectivity index (χ2v) is 13.6. The average Bonchev–Trinajstić information content (AvgIpc) is 3.34. The molecule has 0 aromatic heterocycles. The number of aliphatic hydroxyl groups is 2. The van der Waals surface area contributed by atoms with Crippen LogP contribution in [-0.4, -0.2) is 38.3 Å². The van der Waals surface area contributed by atoms with Crippen molar-refractivity contribution in [3.63, 3.8) is 0 Å². The normalized spacial score (nSPS) is 30.8. The first kappa shape index (κ1) is 27.6. The lowest BCUT2D eigenvalue weighted by Gasteiger charge is -2.60. The van der Waals surface area contributed by atoms with Crippen LogP contribution in [-0.2, 0) is 33.6 Å². The highest BCUT2D eigenvalue weighted by molar-refractivity contribution is 6.33. The van der Waals surface area contributed by atoms with E-state index in [1.165, 1.54) is 24.1 Å². The fourth-order valence-electron chi connectivity index (χ4n) is 9.26. The zero-order valence-corrected chi connectivity index (χ0v) is 24.6. The largest absolute Gasteiger partial charge is 0.507 e. The molecule has 0 spiro atoms. The van der Waals surface area contributed by atoms with Gasteiger partial charge < -0.3 is 15.3 Å². The van der Waals surface area contributed by atoms with E-state index in [-0.39, 0.29) is 34.8 Å². The highest BCUT2D eigenvalue weighted by Crippen LogP contribution is 2.65. The Morgan fingerprint density at radius 1 is 1.00 bits per heavy atom. The number of carbonyl (C=O) groups excluding carboxylic acids is 3. The predicted molar refractivity (Wildman–Crippen MR) is 156 cm³/mol. The third-order valence-electron chi connectivity index (χ3n) is 10.6. The summed E-state index contributed by atoms with van der Waals surface area (Å²) in [6.07, 6.45) is 3.77. The van der Waals surface area contributed by atoms with Crippen LogP contribution in [0.2, 0.25) is 0 Å². The summed E-state index contributed by atoms with van der Waals surface area (Å²) in [6, 6.07) is 9.80. The van der Waals surface area contributed by atoms with Gasteiger partial charge in [0.1, 0.15) is 11.5 Å². The van der Waals surface area contributed by atoms with Gasteiger partial charge in [-0.15, -0.1) is 0 Å². The number of aromatic hydroxyl groups is 1. The minimum atomic E-state index is -2.52. The van der Waals surface area contributed by atoms with Gasteiger partial charge in [-0.2, -0.15) is 0 Å². The predicted octanol–water partition coefficient (Wildman–Crippen LogP) is 5.85. The van der Waals surface area contributed by atoms with E-state index >= 15 is 0 Å². The number of allylic oxidation sites excluding steroid dienone is 1. The number of hydrogen-bond donors (Lipinski definition) is 3. The number of phenols is 1. The first-order chi connectivity index (χ1) is 19.2. The molecule has 0 amide bonds. The van der Waals surface area contributed by atoms with E-state index < -0.39 is 45.5 Å². The number of aryl methyl sites for hydroxylation is 2. The molecule has 6 nitrogen and oxygen atoms in total. The number of ketones is 3.